The Bertz CT molecular complexity index is 1220. The molecule has 1 unspecified atom stereocenters. The van der Waals surface area contributed by atoms with Crippen molar-refractivity contribution >= 4 is 15.9 Å². The van der Waals surface area contributed by atoms with E-state index in [1.165, 1.54) is 16.4 Å². The Morgan fingerprint density at radius 2 is 2.00 bits per heavy atom. The Morgan fingerprint density at radius 1 is 1.26 bits per heavy atom. The van der Waals surface area contributed by atoms with Crippen molar-refractivity contribution in [1.82, 2.24) is 20.1 Å². The van der Waals surface area contributed by atoms with Crippen molar-refractivity contribution in [2.45, 2.75) is 48.6 Å². The van der Waals surface area contributed by atoms with Crippen LogP contribution >= 0.6 is 0 Å². The van der Waals surface area contributed by atoms with Gasteiger partial charge in [0, 0.05) is 43.9 Å². The molecule has 1 amide bonds. The largest absolute Gasteiger partial charge is 0.348 e. The predicted molar refractivity (Wildman–Crippen MR) is 124 cm³/mol. The van der Waals surface area contributed by atoms with Gasteiger partial charge in [0.25, 0.3) is 5.91 Å². The first-order chi connectivity index (χ1) is 16.8. The first kappa shape index (κ1) is 24.8. The quantitative estimate of drug-likeness (QED) is 0.571. The van der Waals surface area contributed by atoms with E-state index in [1.807, 2.05) is 18.2 Å². The number of nitriles is 1. The van der Waals surface area contributed by atoms with Gasteiger partial charge in [0.15, 0.2) is 0 Å². The summed E-state index contributed by atoms with van der Waals surface area (Å²) in [7, 11) is -3.75. The smallest absolute Gasteiger partial charge is 0.269 e. The van der Waals surface area contributed by atoms with Crippen LogP contribution in [0.5, 0.6) is 0 Å². The molecule has 1 atom stereocenters. The molecule has 2 N–H and O–H groups in total. The van der Waals surface area contributed by atoms with Crippen LogP contribution in [0.3, 0.4) is 0 Å². The monoisotopic (exact) mass is 499 g/mol. The molecule has 35 heavy (non-hydrogen) atoms. The number of amides is 1. The molecule has 1 aromatic carbocycles. The molecular weight excluding hydrogens is 473 g/mol. The number of hydrogen-bond donors (Lipinski definition) is 2. The summed E-state index contributed by atoms with van der Waals surface area (Å²) in [5.41, 5.74) is 2.96. The zero-order chi connectivity index (χ0) is 24.9. The molecule has 0 radical (unpaired) electrons. The van der Waals surface area contributed by atoms with Crippen LogP contribution in [0.1, 0.15) is 31.4 Å². The van der Waals surface area contributed by atoms with E-state index in [1.54, 1.807) is 12.3 Å². The van der Waals surface area contributed by atoms with Crippen molar-refractivity contribution < 1.29 is 22.4 Å². The number of aromatic nitrogens is 1. The molecular formula is C24H26FN5O4S. The lowest BCUT2D eigenvalue weighted by Crippen LogP contribution is -2.46. The third kappa shape index (κ3) is 5.85. The minimum absolute atomic E-state index is 0.0345. The molecule has 1 saturated heterocycles. The van der Waals surface area contributed by atoms with E-state index >= 15 is 0 Å². The Hall–Kier alpha value is -3.33. The molecule has 1 spiro atoms. The van der Waals surface area contributed by atoms with E-state index in [-0.39, 0.29) is 35.6 Å². The highest BCUT2D eigenvalue weighted by Gasteiger charge is 2.42. The maximum Gasteiger partial charge on any atom is 0.269 e. The number of hydrogen-bond acceptors (Lipinski definition) is 7. The molecule has 2 aromatic rings. The lowest BCUT2D eigenvalue weighted by Gasteiger charge is -2.35. The summed E-state index contributed by atoms with van der Waals surface area (Å²) < 4.78 is 40.3. The molecule has 11 heteroatoms. The summed E-state index contributed by atoms with van der Waals surface area (Å²) in [6.45, 7) is 0.383. The first-order valence-corrected chi connectivity index (χ1v) is 12.8. The molecule has 3 heterocycles. The number of pyridine rings is 1. The van der Waals surface area contributed by atoms with Gasteiger partial charge in [-0.15, -0.1) is 0 Å². The fraction of sp³-hybridized carbons (Fsp3) is 0.375. The summed E-state index contributed by atoms with van der Waals surface area (Å²) in [6.07, 6.45) is 5.35. The van der Waals surface area contributed by atoms with Gasteiger partial charge in [0.2, 0.25) is 10.0 Å². The molecule has 4 rings (SSSR count). The van der Waals surface area contributed by atoms with E-state index in [0.717, 1.165) is 17.8 Å². The normalized spacial score (nSPS) is 18.3. The minimum Gasteiger partial charge on any atom is -0.348 e. The molecule has 0 bridgehead atoms. The topological polar surface area (TPSA) is 124 Å². The lowest BCUT2D eigenvalue weighted by atomic mass is 9.92. The maximum absolute atomic E-state index is 13.2. The van der Waals surface area contributed by atoms with Crippen LogP contribution in [0.15, 0.2) is 65.3 Å². The van der Waals surface area contributed by atoms with Gasteiger partial charge in [-0.3, -0.25) is 20.1 Å². The van der Waals surface area contributed by atoms with E-state index in [0.29, 0.717) is 32.1 Å². The SMILES string of the molecule is N#CCCC(Cc1ccccn1)NC(=O)C1=CC2(CCN(S(=O)(=O)c3ccc(F)cc3)CC2)ON1. The number of rotatable bonds is 8. The van der Waals surface area contributed by atoms with Gasteiger partial charge in [-0.2, -0.15) is 9.57 Å². The fourth-order valence-corrected chi connectivity index (χ4v) is 5.64. The van der Waals surface area contributed by atoms with Gasteiger partial charge in [-0.05, 0) is 61.7 Å². The first-order valence-electron chi connectivity index (χ1n) is 11.3. The average molecular weight is 500 g/mol. The van der Waals surface area contributed by atoms with E-state index in [4.69, 9.17) is 10.1 Å². The van der Waals surface area contributed by atoms with Crippen molar-refractivity contribution in [2.24, 2.45) is 0 Å². The highest BCUT2D eigenvalue weighted by atomic mass is 32.2. The molecule has 0 saturated carbocycles. The Balaban J connectivity index is 1.39. The Morgan fingerprint density at radius 3 is 2.66 bits per heavy atom. The summed E-state index contributed by atoms with van der Waals surface area (Å²) in [5, 5.41) is 11.9. The van der Waals surface area contributed by atoms with Crippen LogP contribution in [0.4, 0.5) is 4.39 Å². The van der Waals surface area contributed by atoms with Crippen molar-refractivity contribution in [3.05, 3.63) is 71.9 Å². The molecule has 0 aliphatic carbocycles. The number of carbonyl (C=O) groups excluding carboxylic acids is 1. The van der Waals surface area contributed by atoms with Crippen LogP contribution in [-0.4, -0.2) is 48.3 Å². The van der Waals surface area contributed by atoms with Crippen molar-refractivity contribution in [3.63, 3.8) is 0 Å². The van der Waals surface area contributed by atoms with Crippen LogP contribution in [0, 0.1) is 17.1 Å². The summed E-state index contributed by atoms with van der Waals surface area (Å²) in [5.74, 6) is -0.861. The van der Waals surface area contributed by atoms with E-state index < -0.39 is 21.4 Å². The van der Waals surface area contributed by atoms with Gasteiger partial charge in [-0.25, -0.2) is 12.8 Å². The summed E-state index contributed by atoms with van der Waals surface area (Å²) in [6, 6.07) is 12.1. The predicted octanol–water partition coefficient (Wildman–Crippen LogP) is 2.19. The van der Waals surface area contributed by atoms with Gasteiger partial charge in [-0.1, -0.05) is 6.07 Å². The average Bonchev–Trinajstić information content (AvgIpc) is 3.27. The van der Waals surface area contributed by atoms with Crippen molar-refractivity contribution in [3.8, 4) is 6.07 Å². The van der Waals surface area contributed by atoms with Crippen molar-refractivity contribution in [2.75, 3.05) is 13.1 Å². The third-order valence-corrected chi connectivity index (χ3v) is 8.07. The van der Waals surface area contributed by atoms with Crippen LogP contribution in [0.25, 0.3) is 0 Å². The van der Waals surface area contributed by atoms with Crippen molar-refractivity contribution in [1.29, 1.82) is 5.26 Å². The number of sulfonamides is 1. The Kier molecular flexibility index (Phi) is 7.45. The minimum atomic E-state index is -3.75. The maximum atomic E-state index is 13.2. The number of benzene rings is 1. The number of piperidine rings is 1. The lowest BCUT2D eigenvalue weighted by molar-refractivity contribution is -0.120. The standard InChI is InChI=1S/C24H26FN5O4S/c25-18-6-8-21(9-7-18)35(32,33)30-14-10-24(11-15-30)17-22(29-34-24)23(31)28-20(5-3-12-26)16-19-4-1-2-13-27-19/h1-2,4,6-9,13,17,20,29H,3,5,10-11,14-16H2,(H,28,31). The molecule has 9 nitrogen and oxygen atoms in total. The fourth-order valence-electron chi connectivity index (χ4n) is 4.20. The molecule has 2 aliphatic rings. The van der Waals surface area contributed by atoms with Crippen LogP contribution in [0.2, 0.25) is 0 Å². The van der Waals surface area contributed by atoms with Gasteiger partial charge in [0.05, 0.1) is 11.0 Å². The number of hydroxylamine groups is 1. The zero-order valence-electron chi connectivity index (χ0n) is 19.0. The third-order valence-electron chi connectivity index (χ3n) is 6.16. The highest BCUT2D eigenvalue weighted by molar-refractivity contribution is 7.89. The van der Waals surface area contributed by atoms with Crippen LogP contribution < -0.4 is 10.8 Å². The van der Waals surface area contributed by atoms with Gasteiger partial charge < -0.3 is 5.32 Å². The number of nitrogens with one attached hydrogen (secondary N) is 2. The van der Waals surface area contributed by atoms with Crippen LogP contribution in [-0.2, 0) is 26.1 Å². The molecule has 1 aromatic heterocycles. The van der Waals surface area contributed by atoms with E-state index in [2.05, 4.69) is 21.9 Å². The molecule has 184 valence electrons. The summed E-state index contributed by atoms with van der Waals surface area (Å²) >= 11 is 0. The second kappa shape index (κ2) is 10.5. The zero-order valence-corrected chi connectivity index (χ0v) is 19.8. The van der Waals surface area contributed by atoms with E-state index in [9.17, 15) is 17.6 Å². The molecule has 2 aliphatic heterocycles. The summed E-state index contributed by atoms with van der Waals surface area (Å²) in [4.78, 5) is 23.0. The number of nitrogens with zero attached hydrogens (tertiary/aromatic N) is 3. The molecule has 1 fully saturated rings. The van der Waals surface area contributed by atoms with Gasteiger partial charge >= 0.3 is 0 Å². The Labute approximate surface area is 203 Å². The highest BCUT2D eigenvalue weighted by Crippen LogP contribution is 2.34. The second-order valence-corrected chi connectivity index (χ2v) is 10.5. The second-order valence-electron chi connectivity index (χ2n) is 8.58. The number of carbonyl (C=O) groups is 1. The van der Waals surface area contributed by atoms with Gasteiger partial charge in [0.1, 0.15) is 17.1 Å². The number of halogens is 1.